The highest BCUT2D eigenvalue weighted by Gasteiger charge is 2.39. The maximum atomic E-state index is 12.1. The van der Waals surface area contributed by atoms with Gasteiger partial charge in [0.25, 0.3) is 0 Å². The molecular formula is C13H17N3O. The minimum absolute atomic E-state index is 0.0357. The van der Waals surface area contributed by atoms with E-state index < -0.39 is 0 Å². The van der Waals surface area contributed by atoms with Crippen LogP contribution in [0.2, 0.25) is 0 Å². The highest BCUT2D eigenvalue weighted by Crippen LogP contribution is 2.36. The van der Waals surface area contributed by atoms with Gasteiger partial charge in [0.15, 0.2) is 5.82 Å². The van der Waals surface area contributed by atoms with Gasteiger partial charge in [-0.3, -0.25) is 4.79 Å². The first-order valence-electron chi connectivity index (χ1n) is 6.21. The fourth-order valence-electron chi connectivity index (χ4n) is 2.91. The summed E-state index contributed by atoms with van der Waals surface area (Å²) in [6.45, 7) is 5.07. The van der Waals surface area contributed by atoms with Gasteiger partial charge >= 0.3 is 0 Å². The van der Waals surface area contributed by atoms with Gasteiger partial charge in [0.2, 0.25) is 5.91 Å². The zero-order valence-corrected chi connectivity index (χ0v) is 10.2. The van der Waals surface area contributed by atoms with Crippen LogP contribution in [-0.2, 0) is 4.79 Å². The summed E-state index contributed by atoms with van der Waals surface area (Å²) in [5.41, 5.74) is 1.94. The predicted molar refractivity (Wildman–Crippen MR) is 67.1 cm³/mol. The zero-order valence-electron chi connectivity index (χ0n) is 10.2. The van der Waals surface area contributed by atoms with E-state index in [0.29, 0.717) is 5.92 Å². The van der Waals surface area contributed by atoms with Crippen molar-refractivity contribution < 1.29 is 4.79 Å². The Bertz CT molecular complexity index is 472. The maximum Gasteiger partial charge on any atom is 0.247 e. The molecule has 2 atom stereocenters. The van der Waals surface area contributed by atoms with Crippen molar-refractivity contribution in [2.24, 2.45) is 5.92 Å². The number of carbonyl (C=O) groups is 1. The fraction of sp³-hybridized carbons (Fsp3) is 0.538. The minimum Gasteiger partial charge on any atom is -0.343 e. The molecule has 1 saturated heterocycles. The molecule has 1 N–H and O–H groups in total. The first-order valence-corrected chi connectivity index (χ1v) is 6.21. The number of rotatable bonds is 0. The first kappa shape index (κ1) is 10.6. The summed E-state index contributed by atoms with van der Waals surface area (Å²) in [7, 11) is 0. The molecule has 0 spiro atoms. The van der Waals surface area contributed by atoms with E-state index in [0.717, 1.165) is 36.5 Å². The van der Waals surface area contributed by atoms with Gasteiger partial charge in [-0.1, -0.05) is 6.92 Å². The molecule has 1 aromatic rings. The number of piperidine rings is 1. The van der Waals surface area contributed by atoms with E-state index >= 15 is 0 Å². The smallest absolute Gasteiger partial charge is 0.247 e. The zero-order chi connectivity index (χ0) is 12.0. The van der Waals surface area contributed by atoms with Gasteiger partial charge in [-0.15, -0.1) is 0 Å². The second-order valence-corrected chi connectivity index (χ2v) is 5.13. The van der Waals surface area contributed by atoms with Crippen LogP contribution in [0.3, 0.4) is 0 Å². The van der Waals surface area contributed by atoms with E-state index in [4.69, 9.17) is 0 Å². The molecule has 0 aliphatic carbocycles. The Hall–Kier alpha value is -1.58. The van der Waals surface area contributed by atoms with Crippen LogP contribution < -0.4 is 10.2 Å². The van der Waals surface area contributed by atoms with Crippen LogP contribution >= 0.6 is 0 Å². The third-order valence-corrected chi connectivity index (χ3v) is 3.74. The fourth-order valence-corrected chi connectivity index (χ4v) is 2.91. The van der Waals surface area contributed by atoms with Crippen LogP contribution in [-0.4, -0.2) is 23.5 Å². The molecule has 0 aromatic carbocycles. The lowest BCUT2D eigenvalue weighted by atomic mass is 9.88. The van der Waals surface area contributed by atoms with Crippen molar-refractivity contribution in [3.8, 4) is 0 Å². The molecule has 4 nitrogen and oxygen atoms in total. The van der Waals surface area contributed by atoms with Gasteiger partial charge in [0, 0.05) is 12.7 Å². The molecule has 0 bridgehead atoms. The normalized spacial score (nSPS) is 27.2. The van der Waals surface area contributed by atoms with E-state index in [1.807, 2.05) is 19.2 Å². The van der Waals surface area contributed by atoms with E-state index in [1.165, 1.54) is 0 Å². The average molecular weight is 231 g/mol. The molecule has 2 aliphatic rings. The number of amides is 1. The second-order valence-electron chi connectivity index (χ2n) is 5.13. The molecule has 4 heteroatoms. The first-order chi connectivity index (χ1) is 8.16. The molecule has 2 aliphatic heterocycles. The monoisotopic (exact) mass is 231 g/mol. The summed E-state index contributed by atoms with van der Waals surface area (Å²) in [6, 6.07) is 1.96. The van der Waals surface area contributed by atoms with Crippen LogP contribution in [0.25, 0.3) is 0 Å². The van der Waals surface area contributed by atoms with E-state index in [1.54, 1.807) is 0 Å². The SMILES string of the molecule is Cc1cnc2c(c1)NC(=O)C1C(C)CCCN21. The van der Waals surface area contributed by atoms with Crippen LogP contribution in [0.5, 0.6) is 0 Å². The minimum atomic E-state index is -0.0357. The van der Waals surface area contributed by atoms with Crippen molar-refractivity contribution in [1.82, 2.24) is 4.98 Å². The molecule has 90 valence electrons. The van der Waals surface area contributed by atoms with Gasteiger partial charge < -0.3 is 10.2 Å². The molecule has 0 radical (unpaired) electrons. The van der Waals surface area contributed by atoms with Gasteiger partial charge in [0.05, 0.1) is 5.69 Å². The quantitative estimate of drug-likeness (QED) is 0.742. The number of hydrogen-bond acceptors (Lipinski definition) is 3. The number of anilines is 2. The van der Waals surface area contributed by atoms with Crippen LogP contribution in [0.15, 0.2) is 12.3 Å². The van der Waals surface area contributed by atoms with Crippen LogP contribution in [0.1, 0.15) is 25.3 Å². The summed E-state index contributed by atoms with van der Waals surface area (Å²) in [4.78, 5) is 18.8. The predicted octanol–water partition coefficient (Wildman–Crippen LogP) is 1.95. The van der Waals surface area contributed by atoms with Crippen molar-refractivity contribution in [3.63, 3.8) is 0 Å². The molecule has 1 aromatic heterocycles. The van der Waals surface area contributed by atoms with Gasteiger partial charge in [0.1, 0.15) is 6.04 Å². The molecular weight excluding hydrogens is 214 g/mol. The molecule has 1 amide bonds. The Morgan fingerprint density at radius 1 is 1.53 bits per heavy atom. The lowest BCUT2D eigenvalue weighted by molar-refractivity contribution is -0.119. The Morgan fingerprint density at radius 3 is 3.18 bits per heavy atom. The molecule has 2 unspecified atom stereocenters. The molecule has 1 fully saturated rings. The number of nitrogens with one attached hydrogen (secondary N) is 1. The molecule has 17 heavy (non-hydrogen) atoms. The summed E-state index contributed by atoms with van der Waals surface area (Å²) in [6.07, 6.45) is 4.13. The van der Waals surface area contributed by atoms with Gasteiger partial charge in [-0.05, 0) is 37.3 Å². The van der Waals surface area contributed by atoms with Crippen molar-refractivity contribution in [1.29, 1.82) is 0 Å². The Labute approximate surface area is 101 Å². The lowest BCUT2D eigenvalue weighted by Crippen LogP contribution is -2.54. The summed E-state index contributed by atoms with van der Waals surface area (Å²) in [5.74, 6) is 1.46. The largest absolute Gasteiger partial charge is 0.343 e. The number of aryl methyl sites for hydroxylation is 1. The summed E-state index contributed by atoms with van der Waals surface area (Å²) >= 11 is 0. The van der Waals surface area contributed by atoms with E-state index in [9.17, 15) is 4.79 Å². The standard InChI is InChI=1S/C13H17N3O/c1-8-6-10-12(14-7-8)16-5-3-4-9(2)11(16)13(17)15-10/h6-7,9,11H,3-5H2,1-2H3,(H,15,17). The molecule has 0 saturated carbocycles. The third-order valence-electron chi connectivity index (χ3n) is 3.74. The number of nitrogens with zero attached hydrogens (tertiary/aromatic N) is 2. The Kier molecular flexibility index (Phi) is 2.31. The van der Waals surface area contributed by atoms with Crippen molar-refractivity contribution >= 4 is 17.4 Å². The molecule has 3 heterocycles. The van der Waals surface area contributed by atoms with Crippen LogP contribution in [0, 0.1) is 12.8 Å². The number of aromatic nitrogens is 1. The maximum absolute atomic E-state index is 12.1. The van der Waals surface area contributed by atoms with E-state index in [-0.39, 0.29) is 11.9 Å². The third kappa shape index (κ3) is 1.59. The highest BCUT2D eigenvalue weighted by atomic mass is 16.2. The second kappa shape index (κ2) is 3.72. The number of hydrogen-bond donors (Lipinski definition) is 1. The topological polar surface area (TPSA) is 45.2 Å². The van der Waals surface area contributed by atoms with Crippen molar-refractivity contribution in [2.75, 3.05) is 16.8 Å². The van der Waals surface area contributed by atoms with Crippen molar-refractivity contribution in [3.05, 3.63) is 17.8 Å². The van der Waals surface area contributed by atoms with E-state index in [2.05, 4.69) is 22.1 Å². The average Bonchev–Trinajstić information content (AvgIpc) is 2.28. The van der Waals surface area contributed by atoms with Gasteiger partial charge in [-0.25, -0.2) is 4.98 Å². The highest BCUT2D eigenvalue weighted by molar-refractivity contribution is 6.03. The Balaban J connectivity index is 2.07. The summed E-state index contributed by atoms with van der Waals surface area (Å²) < 4.78 is 0. The molecule has 3 rings (SSSR count). The number of fused-ring (bicyclic) bond motifs is 3. The number of pyridine rings is 1. The van der Waals surface area contributed by atoms with Gasteiger partial charge in [-0.2, -0.15) is 0 Å². The lowest BCUT2D eigenvalue weighted by Gasteiger charge is -2.43. The van der Waals surface area contributed by atoms with Crippen molar-refractivity contribution in [2.45, 2.75) is 32.7 Å². The number of carbonyl (C=O) groups excluding carboxylic acids is 1. The summed E-state index contributed by atoms with van der Waals surface area (Å²) in [5, 5.41) is 2.99. The van der Waals surface area contributed by atoms with Crippen LogP contribution in [0.4, 0.5) is 11.5 Å². The Morgan fingerprint density at radius 2 is 2.35 bits per heavy atom.